The Hall–Kier alpha value is -2.09. The van der Waals surface area contributed by atoms with Crippen molar-refractivity contribution in [3.8, 4) is 0 Å². The normalized spacial score (nSPS) is 16.4. The molecule has 2 aromatic rings. The zero-order valence-electron chi connectivity index (χ0n) is 20.1. The fourth-order valence-electron chi connectivity index (χ4n) is 4.04. The summed E-state index contributed by atoms with van der Waals surface area (Å²) in [5.74, 6) is 1.46. The summed E-state index contributed by atoms with van der Waals surface area (Å²) in [6.45, 7) is 14.2. The molecule has 1 unspecified atom stereocenters. The van der Waals surface area contributed by atoms with Crippen LogP contribution in [0.1, 0.15) is 50.3 Å². The Morgan fingerprint density at radius 2 is 1.81 bits per heavy atom. The number of piperazine rings is 1. The molecular formula is C25H37FN4O2. The van der Waals surface area contributed by atoms with Crippen LogP contribution in [0.3, 0.4) is 0 Å². The topological polar surface area (TPSA) is 61.7 Å². The molecule has 7 heteroatoms. The first kappa shape index (κ1) is 24.6. The van der Waals surface area contributed by atoms with Crippen LogP contribution in [0.25, 0.3) is 0 Å². The van der Waals surface area contributed by atoms with Crippen LogP contribution in [-0.4, -0.2) is 71.0 Å². The lowest BCUT2D eigenvalue weighted by Crippen LogP contribution is -2.50. The highest BCUT2D eigenvalue weighted by Crippen LogP contribution is 2.26. The SMILES string of the molecule is CCc1nc(C)nc(N2CCN(CC(O)COC(C)(C)C)CC2)c1Cc1ccccc1F. The second-order valence-electron chi connectivity index (χ2n) is 9.51. The maximum absolute atomic E-state index is 14.4. The van der Waals surface area contributed by atoms with Gasteiger partial charge in [0, 0.05) is 50.4 Å². The van der Waals surface area contributed by atoms with Gasteiger partial charge in [-0.3, -0.25) is 4.90 Å². The van der Waals surface area contributed by atoms with Crippen LogP contribution in [-0.2, 0) is 17.6 Å². The van der Waals surface area contributed by atoms with Crippen molar-refractivity contribution in [2.75, 3.05) is 44.2 Å². The van der Waals surface area contributed by atoms with Gasteiger partial charge in [0.1, 0.15) is 17.5 Å². The lowest BCUT2D eigenvalue weighted by molar-refractivity contribution is -0.0563. The summed E-state index contributed by atoms with van der Waals surface area (Å²) < 4.78 is 20.1. The number of nitrogens with zero attached hydrogens (tertiary/aromatic N) is 4. The molecule has 0 saturated carbocycles. The van der Waals surface area contributed by atoms with Gasteiger partial charge in [-0.15, -0.1) is 0 Å². The zero-order chi connectivity index (χ0) is 23.3. The van der Waals surface area contributed by atoms with Gasteiger partial charge in [0.25, 0.3) is 0 Å². The first-order chi connectivity index (χ1) is 15.2. The molecule has 1 atom stereocenters. The molecule has 2 heterocycles. The molecule has 0 radical (unpaired) electrons. The first-order valence-electron chi connectivity index (χ1n) is 11.6. The van der Waals surface area contributed by atoms with Crippen LogP contribution in [0.15, 0.2) is 24.3 Å². The monoisotopic (exact) mass is 444 g/mol. The molecule has 1 aromatic carbocycles. The Bertz CT molecular complexity index is 892. The third-order valence-corrected chi connectivity index (χ3v) is 5.69. The molecule has 1 N–H and O–H groups in total. The fourth-order valence-corrected chi connectivity index (χ4v) is 4.04. The number of ether oxygens (including phenoxy) is 1. The van der Waals surface area contributed by atoms with E-state index in [1.807, 2.05) is 39.8 Å². The van der Waals surface area contributed by atoms with Crippen molar-refractivity contribution < 1.29 is 14.2 Å². The Morgan fingerprint density at radius 3 is 2.44 bits per heavy atom. The molecule has 32 heavy (non-hydrogen) atoms. The minimum Gasteiger partial charge on any atom is -0.389 e. The summed E-state index contributed by atoms with van der Waals surface area (Å²) in [4.78, 5) is 14.0. The zero-order valence-corrected chi connectivity index (χ0v) is 20.1. The Labute approximate surface area is 191 Å². The number of benzene rings is 1. The van der Waals surface area contributed by atoms with Crippen molar-refractivity contribution in [1.29, 1.82) is 0 Å². The molecule has 1 aliphatic heterocycles. The van der Waals surface area contributed by atoms with Crippen LogP contribution in [0.4, 0.5) is 10.2 Å². The van der Waals surface area contributed by atoms with E-state index in [0.717, 1.165) is 55.5 Å². The van der Waals surface area contributed by atoms with Crippen LogP contribution in [0, 0.1) is 12.7 Å². The number of β-amino-alcohol motifs (C(OH)–C–C–N with tert-alkyl or cyclic N) is 1. The maximum atomic E-state index is 14.4. The molecule has 6 nitrogen and oxygen atoms in total. The molecule has 1 saturated heterocycles. The van der Waals surface area contributed by atoms with Crippen molar-refractivity contribution in [3.63, 3.8) is 0 Å². The van der Waals surface area contributed by atoms with Crippen LogP contribution < -0.4 is 4.90 Å². The van der Waals surface area contributed by atoms with Crippen LogP contribution in [0.5, 0.6) is 0 Å². The fraction of sp³-hybridized carbons (Fsp3) is 0.600. The maximum Gasteiger partial charge on any atom is 0.136 e. The van der Waals surface area contributed by atoms with E-state index >= 15 is 0 Å². The molecule has 0 amide bonds. The summed E-state index contributed by atoms with van der Waals surface area (Å²) in [7, 11) is 0. The molecule has 0 spiro atoms. The van der Waals surface area contributed by atoms with E-state index in [0.29, 0.717) is 25.1 Å². The standard InChI is InChI=1S/C25H37FN4O2/c1-6-23-21(15-19-9-7-8-10-22(19)26)24(28-18(2)27-23)30-13-11-29(12-14-30)16-20(31)17-32-25(3,4)5/h7-10,20,31H,6,11-17H2,1-5H3. The number of aliphatic hydroxyl groups is 1. The van der Waals surface area contributed by atoms with E-state index in [1.165, 1.54) is 6.07 Å². The lowest BCUT2D eigenvalue weighted by atomic mass is 10.0. The van der Waals surface area contributed by atoms with Gasteiger partial charge in [-0.2, -0.15) is 0 Å². The van der Waals surface area contributed by atoms with Crippen molar-refractivity contribution in [1.82, 2.24) is 14.9 Å². The van der Waals surface area contributed by atoms with E-state index in [1.54, 1.807) is 6.07 Å². The Morgan fingerprint density at radius 1 is 1.12 bits per heavy atom. The Kier molecular flexibility index (Phi) is 8.20. The van der Waals surface area contributed by atoms with Crippen LogP contribution in [0.2, 0.25) is 0 Å². The summed E-state index contributed by atoms with van der Waals surface area (Å²) in [6.07, 6.45) is 0.750. The van der Waals surface area contributed by atoms with Crippen LogP contribution >= 0.6 is 0 Å². The summed E-state index contributed by atoms with van der Waals surface area (Å²) in [5.41, 5.74) is 2.40. The van der Waals surface area contributed by atoms with Gasteiger partial charge >= 0.3 is 0 Å². The predicted octanol–water partition coefficient (Wildman–Crippen LogP) is 3.38. The lowest BCUT2D eigenvalue weighted by Gasteiger charge is -2.37. The number of hydrogen-bond acceptors (Lipinski definition) is 6. The molecule has 1 aliphatic rings. The summed E-state index contributed by atoms with van der Waals surface area (Å²) in [5, 5.41) is 10.4. The number of aromatic nitrogens is 2. The van der Waals surface area contributed by atoms with E-state index in [4.69, 9.17) is 9.72 Å². The van der Waals surface area contributed by atoms with Crippen molar-refractivity contribution >= 4 is 5.82 Å². The predicted molar refractivity (Wildman–Crippen MR) is 126 cm³/mol. The highest BCUT2D eigenvalue weighted by atomic mass is 19.1. The minimum atomic E-state index is -0.509. The highest BCUT2D eigenvalue weighted by molar-refractivity contribution is 5.52. The molecule has 1 aromatic heterocycles. The van der Waals surface area contributed by atoms with E-state index < -0.39 is 6.10 Å². The number of hydrogen-bond donors (Lipinski definition) is 1. The number of rotatable bonds is 8. The van der Waals surface area contributed by atoms with Gasteiger partial charge in [0.05, 0.1) is 18.3 Å². The third kappa shape index (κ3) is 6.70. The second kappa shape index (κ2) is 10.7. The molecule has 0 aliphatic carbocycles. The molecule has 3 rings (SSSR count). The molecule has 0 bridgehead atoms. The smallest absolute Gasteiger partial charge is 0.136 e. The average Bonchev–Trinajstić information content (AvgIpc) is 2.74. The number of aryl methyl sites for hydroxylation is 2. The van der Waals surface area contributed by atoms with Crippen molar-refractivity contribution in [3.05, 3.63) is 52.7 Å². The van der Waals surface area contributed by atoms with Gasteiger partial charge in [-0.05, 0) is 45.7 Å². The highest BCUT2D eigenvalue weighted by Gasteiger charge is 2.25. The summed E-state index contributed by atoms with van der Waals surface area (Å²) in [6, 6.07) is 6.92. The quantitative estimate of drug-likeness (QED) is 0.674. The van der Waals surface area contributed by atoms with Gasteiger partial charge in [0.15, 0.2) is 0 Å². The Balaban J connectivity index is 1.70. The third-order valence-electron chi connectivity index (χ3n) is 5.69. The van der Waals surface area contributed by atoms with Crippen molar-refractivity contribution in [2.45, 2.75) is 59.2 Å². The van der Waals surface area contributed by atoms with Gasteiger partial charge in [-0.1, -0.05) is 25.1 Å². The van der Waals surface area contributed by atoms with Gasteiger partial charge < -0.3 is 14.7 Å². The minimum absolute atomic E-state index is 0.197. The first-order valence-corrected chi connectivity index (χ1v) is 11.6. The number of anilines is 1. The average molecular weight is 445 g/mol. The number of aliphatic hydroxyl groups excluding tert-OH is 1. The molecule has 176 valence electrons. The largest absolute Gasteiger partial charge is 0.389 e. The van der Waals surface area contributed by atoms with Gasteiger partial charge in [0.2, 0.25) is 0 Å². The molecule has 1 fully saturated rings. The number of halogens is 1. The van der Waals surface area contributed by atoms with Crippen molar-refractivity contribution in [2.24, 2.45) is 0 Å². The van der Waals surface area contributed by atoms with E-state index in [9.17, 15) is 9.50 Å². The van der Waals surface area contributed by atoms with Gasteiger partial charge in [-0.25, -0.2) is 14.4 Å². The van der Waals surface area contributed by atoms with E-state index in [2.05, 4.69) is 21.7 Å². The van der Waals surface area contributed by atoms with E-state index in [-0.39, 0.29) is 11.4 Å². The summed E-state index contributed by atoms with van der Waals surface area (Å²) >= 11 is 0. The second-order valence-corrected chi connectivity index (χ2v) is 9.51. The molecular weight excluding hydrogens is 407 g/mol.